The van der Waals surface area contributed by atoms with Gasteiger partial charge in [-0.05, 0) is 38.1 Å². The van der Waals surface area contributed by atoms with E-state index in [1.54, 1.807) is 0 Å². The van der Waals surface area contributed by atoms with Crippen molar-refractivity contribution in [2.24, 2.45) is 0 Å². The number of carbonyl (C=O) groups excluding carboxylic acids is 1. The summed E-state index contributed by atoms with van der Waals surface area (Å²) in [7, 11) is 0. The van der Waals surface area contributed by atoms with Gasteiger partial charge in [0, 0.05) is 42.9 Å². The van der Waals surface area contributed by atoms with Crippen LogP contribution >= 0.6 is 11.6 Å². The van der Waals surface area contributed by atoms with Crippen LogP contribution in [-0.4, -0.2) is 49.6 Å². The third-order valence-corrected chi connectivity index (χ3v) is 3.63. The van der Waals surface area contributed by atoms with E-state index in [4.69, 9.17) is 11.6 Å². The Kier molecular flexibility index (Phi) is 5.26. The van der Waals surface area contributed by atoms with Crippen molar-refractivity contribution in [2.75, 3.05) is 37.6 Å². The summed E-state index contributed by atoms with van der Waals surface area (Å²) in [6.45, 7) is 8.16. The quantitative estimate of drug-likeness (QED) is 0.923. The zero-order valence-electron chi connectivity index (χ0n) is 12.1. The first-order valence-electron chi connectivity index (χ1n) is 7.07. The van der Waals surface area contributed by atoms with Crippen LogP contribution in [-0.2, 0) is 4.79 Å². The molecule has 5 heteroatoms. The highest BCUT2D eigenvalue weighted by atomic mass is 35.5. The molecule has 1 aromatic carbocycles. The van der Waals surface area contributed by atoms with E-state index in [1.807, 2.05) is 38.1 Å². The van der Waals surface area contributed by atoms with E-state index < -0.39 is 0 Å². The van der Waals surface area contributed by atoms with Crippen molar-refractivity contribution in [2.45, 2.75) is 19.9 Å². The predicted octanol–water partition coefficient (Wildman–Crippen LogP) is 1.99. The molecule has 0 bridgehead atoms. The summed E-state index contributed by atoms with van der Waals surface area (Å²) < 4.78 is 0. The molecule has 0 atom stereocenters. The zero-order valence-corrected chi connectivity index (χ0v) is 12.9. The van der Waals surface area contributed by atoms with E-state index in [2.05, 4.69) is 15.1 Å². The summed E-state index contributed by atoms with van der Waals surface area (Å²) >= 11 is 5.90. The van der Waals surface area contributed by atoms with Gasteiger partial charge in [-0.25, -0.2) is 0 Å². The van der Waals surface area contributed by atoms with E-state index in [-0.39, 0.29) is 11.9 Å². The number of nitrogens with one attached hydrogen (secondary N) is 1. The van der Waals surface area contributed by atoms with Crippen molar-refractivity contribution in [1.82, 2.24) is 10.2 Å². The summed E-state index contributed by atoms with van der Waals surface area (Å²) in [5.41, 5.74) is 1.20. The molecule has 0 aromatic heterocycles. The number of amides is 1. The first kappa shape index (κ1) is 15.1. The van der Waals surface area contributed by atoms with Gasteiger partial charge in [-0.3, -0.25) is 9.69 Å². The number of hydrogen-bond donors (Lipinski definition) is 1. The van der Waals surface area contributed by atoms with Crippen LogP contribution in [0.2, 0.25) is 5.02 Å². The van der Waals surface area contributed by atoms with Gasteiger partial charge >= 0.3 is 0 Å². The van der Waals surface area contributed by atoms with Crippen LogP contribution in [0.4, 0.5) is 5.69 Å². The van der Waals surface area contributed by atoms with Crippen LogP contribution in [0.3, 0.4) is 0 Å². The minimum absolute atomic E-state index is 0.111. The summed E-state index contributed by atoms with van der Waals surface area (Å²) in [6.07, 6.45) is 0. The zero-order chi connectivity index (χ0) is 14.5. The van der Waals surface area contributed by atoms with Gasteiger partial charge in [-0.2, -0.15) is 0 Å². The summed E-state index contributed by atoms with van der Waals surface area (Å²) in [5, 5.41) is 3.69. The Morgan fingerprint density at radius 2 is 1.80 bits per heavy atom. The second-order valence-electron chi connectivity index (χ2n) is 5.46. The Bertz CT molecular complexity index is 439. The van der Waals surface area contributed by atoms with Crippen molar-refractivity contribution in [3.63, 3.8) is 0 Å². The molecule has 1 heterocycles. The minimum atomic E-state index is 0.111. The lowest BCUT2D eigenvalue weighted by atomic mass is 10.2. The lowest BCUT2D eigenvalue weighted by Gasteiger charge is -2.35. The minimum Gasteiger partial charge on any atom is -0.369 e. The molecule has 4 nitrogen and oxygen atoms in total. The van der Waals surface area contributed by atoms with Gasteiger partial charge < -0.3 is 10.2 Å². The lowest BCUT2D eigenvalue weighted by molar-refractivity contribution is -0.122. The standard InChI is InChI=1S/C15H22ClN3O/c1-12(2)17-15(20)11-18-7-9-19(10-8-18)14-5-3-13(16)4-6-14/h3-6,12H,7-11H2,1-2H3,(H,17,20). The summed E-state index contributed by atoms with van der Waals surface area (Å²) in [5.74, 6) is 0.111. The molecule has 0 spiro atoms. The Morgan fingerprint density at radius 1 is 1.20 bits per heavy atom. The first-order valence-corrected chi connectivity index (χ1v) is 7.44. The molecule has 1 aromatic rings. The van der Waals surface area contributed by atoms with Crippen LogP contribution in [0, 0.1) is 0 Å². The van der Waals surface area contributed by atoms with Crippen molar-refractivity contribution < 1.29 is 4.79 Å². The third-order valence-electron chi connectivity index (χ3n) is 3.38. The van der Waals surface area contributed by atoms with Gasteiger partial charge in [-0.15, -0.1) is 0 Å². The number of benzene rings is 1. The van der Waals surface area contributed by atoms with Crippen molar-refractivity contribution in [1.29, 1.82) is 0 Å². The molecule has 0 radical (unpaired) electrons. The largest absolute Gasteiger partial charge is 0.369 e. The fraction of sp³-hybridized carbons (Fsp3) is 0.533. The molecule has 1 fully saturated rings. The van der Waals surface area contributed by atoms with Crippen LogP contribution in [0.1, 0.15) is 13.8 Å². The molecular formula is C15H22ClN3O. The lowest BCUT2D eigenvalue weighted by Crippen LogP contribution is -2.50. The molecule has 1 aliphatic rings. The second kappa shape index (κ2) is 6.95. The highest BCUT2D eigenvalue weighted by molar-refractivity contribution is 6.30. The van der Waals surface area contributed by atoms with Gasteiger partial charge in [0.05, 0.1) is 6.54 Å². The third kappa shape index (κ3) is 4.39. The average molecular weight is 296 g/mol. The number of piperazine rings is 1. The van der Waals surface area contributed by atoms with Gasteiger partial charge in [-0.1, -0.05) is 11.6 Å². The van der Waals surface area contributed by atoms with Crippen LogP contribution in [0.15, 0.2) is 24.3 Å². The molecule has 0 aliphatic carbocycles. The maximum absolute atomic E-state index is 11.7. The topological polar surface area (TPSA) is 35.6 Å². The highest BCUT2D eigenvalue weighted by Gasteiger charge is 2.19. The number of hydrogen-bond acceptors (Lipinski definition) is 3. The number of rotatable bonds is 4. The predicted molar refractivity (Wildman–Crippen MR) is 83.4 cm³/mol. The number of nitrogens with zero attached hydrogens (tertiary/aromatic N) is 2. The molecule has 2 rings (SSSR count). The monoisotopic (exact) mass is 295 g/mol. The van der Waals surface area contributed by atoms with Crippen LogP contribution < -0.4 is 10.2 Å². The normalized spacial score (nSPS) is 16.5. The maximum Gasteiger partial charge on any atom is 0.234 e. The molecule has 0 unspecified atom stereocenters. The van der Waals surface area contributed by atoms with Crippen LogP contribution in [0.5, 0.6) is 0 Å². The Balaban J connectivity index is 1.80. The molecule has 1 amide bonds. The number of anilines is 1. The van der Waals surface area contributed by atoms with Crippen molar-refractivity contribution in [3.05, 3.63) is 29.3 Å². The number of halogens is 1. The smallest absolute Gasteiger partial charge is 0.234 e. The van der Waals surface area contributed by atoms with Gasteiger partial charge in [0.2, 0.25) is 5.91 Å². The van der Waals surface area contributed by atoms with E-state index in [9.17, 15) is 4.79 Å². The van der Waals surface area contributed by atoms with Gasteiger partial charge in [0.25, 0.3) is 0 Å². The highest BCUT2D eigenvalue weighted by Crippen LogP contribution is 2.19. The van der Waals surface area contributed by atoms with Gasteiger partial charge in [0.15, 0.2) is 0 Å². The molecule has 20 heavy (non-hydrogen) atoms. The Labute approximate surface area is 125 Å². The Hall–Kier alpha value is -1.26. The SMILES string of the molecule is CC(C)NC(=O)CN1CCN(c2ccc(Cl)cc2)CC1. The molecular weight excluding hydrogens is 274 g/mol. The fourth-order valence-corrected chi connectivity index (χ4v) is 2.51. The van der Waals surface area contributed by atoms with E-state index in [0.29, 0.717) is 6.54 Å². The molecule has 1 saturated heterocycles. The molecule has 1 N–H and O–H groups in total. The molecule has 0 saturated carbocycles. The summed E-state index contributed by atoms with van der Waals surface area (Å²) in [6, 6.07) is 8.13. The fourth-order valence-electron chi connectivity index (χ4n) is 2.39. The average Bonchev–Trinajstić information content (AvgIpc) is 2.39. The summed E-state index contributed by atoms with van der Waals surface area (Å²) in [4.78, 5) is 16.3. The second-order valence-corrected chi connectivity index (χ2v) is 5.90. The van der Waals surface area contributed by atoms with Crippen molar-refractivity contribution in [3.8, 4) is 0 Å². The van der Waals surface area contributed by atoms with E-state index in [1.165, 1.54) is 5.69 Å². The maximum atomic E-state index is 11.7. The molecule has 1 aliphatic heterocycles. The van der Waals surface area contributed by atoms with E-state index in [0.717, 1.165) is 31.2 Å². The van der Waals surface area contributed by atoms with Gasteiger partial charge in [0.1, 0.15) is 0 Å². The van der Waals surface area contributed by atoms with E-state index >= 15 is 0 Å². The first-order chi connectivity index (χ1) is 9.54. The molecule has 110 valence electrons. The van der Waals surface area contributed by atoms with Crippen LogP contribution in [0.25, 0.3) is 0 Å². The van der Waals surface area contributed by atoms with Crippen molar-refractivity contribution >= 4 is 23.2 Å². The Morgan fingerprint density at radius 3 is 2.35 bits per heavy atom. The number of carbonyl (C=O) groups is 1.